The number of ether oxygens (including phenoxy) is 1. The molecule has 136 valence electrons. The molecule has 0 atom stereocenters. The van der Waals surface area contributed by atoms with Crippen LogP contribution in [0.2, 0.25) is 0 Å². The lowest BCUT2D eigenvalue weighted by Crippen LogP contribution is -2.09. The Balaban J connectivity index is 2.33. The van der Waals surface area contributed by atoms with E-state index in [9.17, 15) is 4.57 Å². The summed E-state index contributed by atoms with van der Waals surface area (Å²) in [5, 5.41) is 0. The van der Waals surface area contributed by atoms with Gasteiger partial charge in [-0.1, -0.05) is 18.2 Å². The van der Waals surface area contributed by atoms with E-state index in [1.165, 1.54) is 0 Å². The fourth-order valence-corrected chi connectivity index (χ4v) is 3.59. The molecule has 0 radical (unpaired) electrons. The van der Waals surface area contributed by atoms with Crippen LogP contribution in [0.25, 0.3) is 0 Å². The van der Waals surface area contributed by atoms with Crippen LogP contribution in [-0.2, 0) is 13.6 Å². The predicted molar refractivity (Wildman–Crippen MR) is 98.6 cm³/mol. The standard InChI is InChI=1S/C17H29N2O4P/c1-4-22-24(20,23-5-2)13-9-7-6-8-12-21-17-14-15(3)10-11-16(17)19-18/h7,9-11,14,19H,4-6,8,12-13,18H2,1-3H3. The van der Waals surface area contributed by atoms with Crippen molar-refractivity contribution in [1.82, 2.24) is 0 Å². The van der Waals surface area contributed by atoms with E-state index < -0.39 is 7.60 Å². The Morgan fingerprint density at radius 2 is 1.92 bits per heavy atom. The highest BCUT2D eigenvalue weighted by Gasteiger charge is 2.20. The van der Waals surface area contributed by atoms with Crippen molar-refractivity contribution in [2.75, 3.05) is 31.4 Å². The van der Waals surface area contributed by atoms with Crippen LogP contribution in [0.3, 0.4) is 0 Å². The SMILES string of the molecule is CCOP(=O)(CC=CCCCOc1cc(C)ccc1NN)OCC. The molecule has 0 heterocycles. The molecule has 0 aliphatic heterocycles. The summed E-state index contributed by atoms with van der Waals surface area (Å²) < 4.78 is 28.5. The number of allylic oxidation sites excluding steroid dienone is 2. The molecular weight excluding hydrogens is 327 g/mol. The Labute approximate surface area is 144 Å². The van der Waals surface area contributed by atoms with Crippen LogP contribution in [0.15, 0.2) is 30.4 Å². The maximum atomic E-state index is 12.3. The topological polar surface area (TPSA) is 82.8 Å². The number of benzene rings is 1. The molecule has 0 aliphatic rings. The first kappa shape index (κ1) is 20.7. The molecule has 0 unspecified atom stereocenters. The zero-order valence-electron chi connectivity index (χ0n) is 14.8. The number of nitrogens with one attached hydrogen (secondary N) is 1. The Morgan fingerprint density at radius 3 is 2.54 bits per heavy atom. The number of anilines is 1. The summed E-state index contributed by atoms with van der Waals surface area (Å²) in [5.74, 6) is 6.22. The van der Waals surface area contributed by atoms with Crippen molar-refractivity contribution >= 4 is 13.3 Å². The second kappa shape index (κ2) is 11.3. The normalized spacial score (nSPS) is 11.8. The first-order valence-electron chi connectivity index (χ1n) is 8.27. The summed E-state index contributed by atoms with van der Waals surface area (Å²) in [4.78, 5) is 0. The summed E-state index contributed by atoms with van der Waals surface area (Å²) in [6.07, 6.45) is 5.81. The van der Waals surface area contributed by atoms with Gasteiger partial charge in [0.2, 0.25) is 0 Å². The molecule has 0 aliphatic carbocycles. The molecule has 7 heteroatoms. The second-order valence-electron chi connectivity index (χ2n) is 5.24. The molecule has 1 rings (SSSR count). The van der Waals surface area contributed by atoms with Crippen LogP contribution >= 0.6 is 7.60 Å². The number of hydrogen-bond acceptors (Lipinski definition) is 6. The van der Waals surface area contributed by atoms with Gasteiger partial charge in [0.05, 0.1) is 31.7 Å². The molecule has 0 saturated carbocycles. The minimum absolute atomic E-state index is 0.300. The Hall–Kier alpha value is -1.33. The number of hydrogen-bond donors (Lipinski definition) is 2. The summed E-state index contributed by atoms with van der Waals surface area (Å²) in [6, 6.07) is 5.81. The molecule has 0 bridgehead atoms. The smallest absolute Gasteiger partial charge is 0.334 e. The quantitative estimate of drug-likeness (QED) is 0.191. The molecule has 0 amide bonds. The van der Waals surface area contributed by atoms with Crippen molar-refractivity contribution in [3.05, 3.63) is 35.9 Å². The first-order chi connectivity index (χ1) is 11.5. The van der Waals surface area contributed by atoms with E-state index in [0.717, 1.165) is 29.8 Å². The lowest BCUT2D eigenvalue weighted by Gasteiger charge is -2.14. The van der Waals surface area contributed by atoms with Crippen molar-refractivity contribution in [3.63, 3.8) is 0 Å². The molecule has 0 fully saturated rings. The van der Waals surface area contributed by atoms with Crippen molar-refractivity contribution in [2.24, 2.45) is 5.84 Å². The molecular formula is C17H29N2O4P. The second-order valence-corrected chi connectivity index (χ2v) is 7.34. The van der Waals surface area contributed by atoms with E-state index in [-0.39, 0.29) is 0 Å². The largest absolute Gasteiger partial charge is 0.491 e. The third kappa shape index (κ3) is 7.49. The molecule has 1 aromatic carbocycles. The van der Waals surface area contributed by atoms with Crippen LogP contribution in [0, 0.1) is 6.92 Å². The van der Waals surface area contributed by atoms with E-state index in [1.54, 1.807) is 0 Å². The van der Waals surface area contributed by atoms with Gasteiger partial charge >= 0.3 is 7.60 Å². The fraction of sp³-hybridized carbons (Fsp3) is 0.529. The Kier molecular flexibility index (Phi) is 9.72. The zero-order chi connectivity index (χ0) is 17.8. The number of nitrogens with two attached hydrogens (primary N) is 1. The summed E-state index contributed by atoms with van der Waals surface area (Å²) in [5.41, 5.74) is 4.51. The minimum atomic E-state index is -2.98. The number of rotatable bonds is 12. The lowest BCUT2D eigenvalue weighted by atomic mass is 10.2. The molecule has 6 nitrogen and oxygen atoms in total. The van der Waals surface area contributed by atoms with E-state index in [1.807, 2.05) is 51.1 Å². The van der Waals surface area contributed by atoms with Crippen molar-refractivity contribution in [3.8, 4) is 5.75 Å². The molecule has 1 aromatic rings. The van der Waals surface area contributed by atoms with Crippen molar-refractivity contribution in [1.29, 1.82) is 0 Å². The van der Waals surface area contributed by atoms with Gasteiger partial charge in [-0.3, -0.25) is 10.4 Å². The van der Waals surface area contributed by atoms with E-state index in [4.69, 9.17) is 19.6 Å². The van der Waals surface area contributed by atoms with Gasteiger partial charge in [-0.05, 0) is 51.3 Å². The van der Waals surface area contributed by atoms with Crippen LogP contribution in [0.1, 0.15) is 32.3 Å². The van der Waals surface area contributed by atoms with Crippen molar-refractivity contribution < 1.29 is 18.3 Å². The average molecular weight is 356 g/mol. The monoisotopic (exact) mass is 356 g/mol. The molecule has 24 heavy (non-hydrogen) atoms. The third-order valence-corrected chi connectivity index (χ3v) is 5.17. The van der Waals surface area contributed by atoms with Gasteiger partial charge in [-0.25, -0.2) is 0 Å². The number of nitrogen functional groups attached to an aromatic ring is 1. The van der Waals surface area contributed by atoms with E-state index >= 15 is 0 Å². The fourth-order valence-electron chi connectivity index (χ4n) is 2.11. The van der Waals surface area contributed by atoms with Gasteiger partial charge in [0.25, 0.3) is 0 Å². The van der Waals surface area contributed by atoms with Gasteiger partial charge < -0.3 is 19.2 Å². The van der Waals surface area contributed by atoms with E-state index in [0.29, 0.717) is 26.0 Å². The maximum Gasteiger partial charge on any atom is 0.334 e. The highest BCUT2D eigenvalue weighted by molar-refractivity contribution is 7.54. The highest BCUT2D eigenvalue weighted by Crippen LogP contribution is 2.47. The van der Waals surface area contributed by atoms with Gasteiger partial charge in [-0.15, -0.1) is 0 Å². The van der Waals surface area contributed by atoms with Crippen LogP contribution in [-0.4, -0.2) is 26.0 Å². The van der Waals surface area contributed by atoms with Gasteiger partial charge in [0.15, 0.2) is 0 Å². The van der Waals surface area contributed by atoms with Crippen molar-refractivity contribution in [2.45, 2.75) is 33.6 Å². The Morgan fingerprint density at radius 1 is 1.21 bits per heavy atom. The maximum absolute atomic E-state index is 12.3. The zero-order valence-corrected chi connectivity index (χ0v) is 15.7. The summed E-state index contributed by atoms with van der Waals surface area (Å²) in [6.45, 7) is 6.97. The van der Waals surface area contributed by atoms with Gasteiger partial charge in [-0.2, -0.15) is 0 Å². The Bertz CT molecular complexity index is 554. The average Bonchev–Trinajstić information content (AvgIpc) is 2.54. The molecule has 0 spiro atoms. The minimum Gasteiger partial charge on any atom is -0.491 e. The predicted octanol–water partition coefficient (Wildman–Crippen LogP) is 4.26. The third-order valence-electron chi connectivity index (χ3n) is 3.21. The summed E-state index contributed by atoms with van der Waals surface area (Å²) >= 11 is 0. The molecule has 3 N–H and O–H groups in total. The van der Waals surface area contributed by atoms with Gasteiger partial charge in [0, 0.05) is 0 Å². The highest BCUT2D eigenvalue weighted by atomic mass is 31.2. The van der Waals surface area contributed by atoms with E-state index in [2.05, 4.69) is 5.43 Å². The number of unbranched alkanes of at least 4 members (excludes halogenated alkanes) is 1. The number of aryl methyl sites for hydroxylation is 1. The van der Waals surface area contributed by atoms with Crippen LogP contribution in [0.4, 0.5) is 5.69 Å². The van der Waals surface area contributed by atoms with Crippen LogP contribution < -0.4 is 16.0 Å². The lowest BCUT2D eigenvalue weighted by molar-refractivity contribution is 0.222. The van der Waals surface area contributed by atoms with Gasteiger partial charge in [0.1, 0.15) is 5.75 Å². The first-order valence-corrected chi connectivity index (χ1v) is 10.0. The summed E-state index contributed by atoms with van der Waals surface area (Å²) in [7, 11) is -2.98. The molecule has 0 aromatic heterocycles. The number of hydrazine groups is 1. The molecule has 0 saturated heterocycles. The van der Waals surface area contributed by atoms with Crippen LogP contribution in [0.5, 0.6) is 5.75 Å².